The van der Waals surface area contributed by atoms with Crippen molar-refractivity contribution in [1.82, 2.24) is 15.0 Å². The topological polar surface area (TPSA) is 127 Å². The SMILES string of the molecule is CC.Cc1ccc2c(c1C)N(C(C)OC=O)c1n[c-]ccc1C2.Cc1ccc2c(c1C)N(C(C)OC=O)c1ncccc1C2.Cc1ccc2c(c1C)N(C(C)OC=O)c1ncccc1C2.[CH3-].[Y].[Y]. The normalized spacial score (nSPS) is 13.2. The van der Waals surface area contributed by atoms with Crippen molar-refractivity contribution in [2.45, 2.75) is 114 Å². The van der Waals surface area contributed by atoms with Gasteiger partial charge in [-0.3, -0.25) is 24.2 Å². The molecule has 6 heterocycles. The van der Waals surface area contributed by atoms with Gasteiger partial charge in [-0.25, -0.2) is 9.97 Å². The molecule has 0 bridgehead atoms. The molecule has 3 aliphatic heterocycles. The number of carbonyl (C=O) groups is 3. The molecule has 3 atom stereocenters. The van der Waals surface area contributed by atoms with Crippen LogP contribution in [0, 0.1) is 55.2 Å². The number of anilines is 6. The average molecular weight is 1070 g/mol. The number of nitrogens with zero attached hydrogens (tertiary/aromatic N) is 6. The van der Waals surface area contributed by atoms with Gasteiger partial charge in [0.2, 0.25) is 0 Å². The second kappa shape index (κ2) is 26.2. The molecule has 0 saturated heterocycles. The Balaban J connectivity index is 0.000000260. The molecule has 68 heavy (non-hydrogen) atoms. The van der Waals surface area contributed by atoms with E-state index in [1.54, 1.807) is 12.4 Å². The molecular formula is C54H62N6O6Y2-2. The van der Waals surface area contributed by atoms with E-state index >= 15 is 0 Å². The summed E-state index contributed by atoms with van der Waals surface area (Å²) in [6.07, 6.45) is 7.76. The molecule has 14 heteroatoms. The van der Waals surface area contributed by atoms with Crippen molar-refractivity contribution >= 4 is 53.9 Å². The fourth-order valence-corrected chi connectivity index (χ4v) is 8.72. The van der Waals surface area contributed by atoms with Crippen LogP contribution < -0.4 is 14.7 Å². The fourth-order valence-electron chi connectivity index (χ4n) is 8.72. The number of hydrogen-bond donors (Lipinski definition) is 0. The number of aryl methyl sites for hydroxylation is 3. The minimum Gasteiger partial charge on any atom is -0.445 e. The Kier molecular flexibility index (Phi) is 22.1. The van der Waals surface area contributed by atoms with Gasteiger partial charge in [0.05, 0.1) is 11.4 Å². The monoisotopic (exact) mass is 1070 g/mol. The molecule has 3 aromatic heterocycles. The Morgan fingerprint density at radius 1 is 0.500 bits per heavy atom. The van der Waals surface area contributed by atoms with Crippen LogP contribution in [0.5, 0.6) is 0 Å². The van der Waals surface area contributed by atoms with E-state index in [0.29, 0.717) is 19.4 Å². The van der Waals surface area contributed by atoms with Crippen LogP contribution in [0.2, 0.25) is 0 Å². The largest absolute Gasteiger partial charge is 0.445 e. The first-order valence-corrected chi connectivity index (χ1v) is 22.1. The maximum atomic E-state index is 10.8. The molecule has 9 rings (SSSR count). The Morgan fingerprint density at radius 3 is 1.16 bits per heavy atom. The maximum absolute atomic E-state index is 10.8. The number of benzene rings is 3. The number of aromatic nitrogens is 3. The molecule has 6 aromatic rings. The third-order valence-corrected chi connectivity index (χ3v) is 12.3. The summed E-state index contributed by atoms with van der Waals surface area (Å²) >= 11 is 0. The third-order valence-electron chi connectivity index (χ3n) is 12.3. The number of rotatable bonds is 9. The summed E-state index contributed by atoms with van der Waals surface area (Å²) in [5, 5.41) is 0. The zero-order valence-corrected chi connectivity index (χ0v) is 47.1. The summed E-state index contributed by atoms with van der Waals surface area (Å²) in [6.45, 7) is 23.6. The van der Waals surface area contributed by atoms with E-state index in [1.165, 1.54) is 50.1 Å². The molecule has 3 aromatic carbocycles. The quantitative estimate of drug-likeness (QED) is 0.0777. The minimum atomic E-state index is -0.413. The molecular weight excluding hydrogens is 1010 g/mol. The van der Waals surface area contributed by atoms with Gasteiger partial charge in [-0.05, 0) is 142 Å². The van der Waals surface area contributed by atoms with Crippen LogP contribution in [0.4, 0.5) is 34.5 Å². The summed E-state index contributed by atoms with van der Waals surface area (Å²) in [5.74, 6) is 2.55. The van der Waals surface area contributed by atoms with Gasteiger partial charge in [0, 0.05) is 102 Å². The average Bonchev–Trinajstić information content (AvgIpc) is 3.32. The van der Waals surface area contributed by atoms with Gasteiger partial charge in [-0.1, -0.05) is 68.6 Å². The second-order valence-corrected chi connectivity index (χ2v) is 16.1. The molecule has 2 radical (unpaired) electrons. The zero-order chi connectivity index (χ0) is 46.9. The van der Waals surface area contributed by atoms with Crippen molar-refractivity contribution in [3.05, 3.63) is 166 Å². The van der Waals surface area contributed by atoms with Gasteiger partial charge in [0.1, 0.15) is 11.6 Å². The van der Waals surface area contributed by atoms with Gasteiger partial charge < -0.3 is 31.5 Å². The summed E-state index contributed by atoms with van der Waals surface area (Å²) in [7, 11) is 0. The number of hydrogen-bond acceptors (Lipinski definition) is 12. The van der Waals surface area contributed by atoms with Crippen LogP contribution >= 0.6 is 0 Å². The molecule has 0 amide bonds. The standard InChI is InChI=1S/2C17H18N2O2.C17H17N2O2.C2H6.CH3.2Y/c3*1-11-6-7-14-9-15-5-4-8-18-17(15)19(13(3)21-10-20)16(14)12(11)2;1-2;;;/h2*4-8,10,13H,9H2,1-3H3;4-7,10,13H,9H2,1-3H3;1-2H3;1H3;;/q;;-1;;-1;;. The first-order chi connectivity index (χ1) is 31.4. The molecule has 0 N–H and O–H groups in total. The zero-order valence-electron chi connectivity index (χ0n) is 41.5. The molecule has 12 nitrogen and oxygen atoms in total. The molecule has 352 valence electrons. The summed E-state index contributed by atoms with van der Waals surface area (Å²) < 4.78 is 15.6. The third kappa shape index (κ3) is 11.9. The number of ether oxygens (including phenoxy) is 3. The smallest absolute Gasteiger partial charge is 0.295 e. The predicted octanol–water partition coefficient (Wildman–Crippen LogP) is 11.1. The molecule has 3 unspecified atom stereocenters. The van der Waals surface area contributed by atoms with E-state index in [9.17, 15) is 14.4 Å². The van der Waals surface area contributed by atoms with Crippen LogP contribution in [-0.4, -0.2) is 53.1 Å². The van der Waals surface area contributed by atoms with Gasteiger partial charge in [0.25, 0.3) is 19.4 Å². The molecule has 0 aliphatic carbocycles. The van der Waals surface area contributed by atoms with Crippen LogP contribution in [-0.2, 0) is 113 Å². The predicted molar refractivity (Wildman–Crippen MR) is 262 cm³/mol. The van der Waals surface area contributed by atoms with Gasteiger partial charge in [0.15, 0.2) is 18.7 Å². The minimum absolute atomic E-state index is 0. The maximum Gasteiger partial charge on any atom is 0.295 e. The first-order valence-electron chi connectivity index (χ1n) is 22.1. The van der Waals surface area contributed by atoms with E-state index in [2.05, 4.69) is 111 Å². The second-order valence-electron chi connectivity index (χ2n) is 16.1. The number of fused-ring (bicyclic) bond motifs is 6. The fraction of sp³-hybridized carbons (Fsp3) is 0.315. The van der Waals surface area contributed by atoms with E-state index in [4.69, 9.17) is 14.2 Å². The number of pyridine rings is 3. The Bertz CT molecular complexity index is 2390. The van der Waals surface area contributed by atoms with Crippen molar-refractivity contribution in [2.75, 3.05) is 14.7 Å². The van der Waals surface area contributed by atoms with E-state index in [0.717, 1.165) is 70.5 Å². The van der Waals surface area contributed by atoms with Crippen molar-refractivity contribution in [3.8, 4) is 0 Å². The Hall–Kier alpha value is -4.87. The molecule has 3 aliphatic rings. The number of carbonyl (C=O) groups excluding carboxylic acids is 3. The summed E-state index contributed by atoms with van der Waals surface area (Å²) in [5.41, 5.74) is 17.6. The van der Waals surface area contributed by atoms with Crippen LogP contribution in [0.25, 0.3) is 0 Å². The van der Waals surface area contributed by atoms with E-state index in [-0.39, 0.29) is 72.8 Å². The van der Waals surface area contributed by atoms with Gasteiger partial charge in [-0.15, -0.1) is 5.56 Å². The van der Waals surface area contributed by atoms with Gasteiger partial charge >= 0.3 is 0 Å². The van der Waals surface area contributed by atoms with E-state index < -0.39 is 18.7 Å². The van der Waals surface area contributed by atoms with Gasteiger partial charge in [-0.2, -0.15) is 12.1 Å². The summed E-state index contributed by atoms with van der Waals surface area (Å²) in [6, 6.07) is 24.7. The summed E-state index contributed by atoms with van der Waals surface area (Å²) in [4.78, 5) is 51.7. The van der Waals surface area contributed by atoms with E-state index in [1.807, 2.05) is 73.6 Å². The van der Waals surface area contributed by atoms with Crippen LogP contribution in [0.15, 0.2) is 85.2 Å². The first kappa shape index (κ1) is 57.4. The molecule has 0 fully saturated rings. The Labute approximate surface area is 453 Å². The molecule has 0 spiro atoms. The van der Waals surface area contributed by atoms with Crippen molar-refractivity contribution in [2.24, 2.45) is 0 Å². The van der Waals surface area contributed by atoms with Crippen molar-refractivity contribution < 1.29 is 94.0 Å². The molecule has 0 saturated carbocycles. The van der Waals surface area contributed by atoms with Crippen LogP contribution in [0.1, 0.15) is 101 Å². The van der Waals surface area contributed by atoms with Crippen LogP contribution in [0.3, 0.4) is 0 Å². The van der Waals surface area contributed by atoms with Crippen molar-refractivity contribution in [1.29, 1.82) is 0 Å². The Morgan fingerprint density at radius 2 is 0.824 bits per heavy atom. The van der Waals surface area contributed by atoms with Crippen molar-refractivity contribution in [3.63, 3.8) is 0 Å².